The van der Waals surface area contributed by atoms with Gasteiger partial charge in [0.05, 0.1) is 38.8 Å². The molecule has 0 aliphatic carbocycles. The predicted molar refractivity (Wildman–Crippen MR) is 125 cm³/mol. The van der Waals surface area contributed by atoms with Crippen molar-refractivity contribution in [1.29, 1.82) is 5.41 Å². The molecule has 1 aromatic heterocycles. The summed E-state index contributed by atoms with van der Waals surface area (Å²) in [4.78, 5) is 4.62. The van der Waals surface area contributed by atoms with Crippen LogP contribution in [0, 0.1) is 5.41 Å². The molecule has 4 rings (SSSR count). The number of aliphatic hydroxyl groups excluding tert-OH is 1. The number of nitrogens with one attached hydrogen (secondary N) is 1. The van der Waals surface area contributed by atoms with Gasteiger partial charge in [0.25, 0.3) is 0 Å². The summed E-state index contributed by atoms with van der Waals surface area (Å²) in [6.45, 7) is 0.0839. The van der Waals surface area contributed by atoms with E-state index in [9.17, 15) is 5.11 Å². The van der Waals surface area contributed by atoms with Crippen LogP contribution in [0.5, 0.6) is 17.2 Å². The molecule has 0 spiro atoms. The average molecular weight is 451 g/mol. The van der Waals surface area contributed by atoms with Crippen molar-refractivity contribution in [3.63, 3.8) is 0 Å². The Bertz CT molecular complexity index is 1200. The standard InChI is InChI=1S/C23H22N4O4S/c1-29-18-10-9-15(20(30-2)21(18)31-3)11-25-27-12-17(28)19(22(27)24)23-26-16(13-32-23)14-7-5-4-6-8-14/h4-11,13,24,28H,12H2,1-3H3/b24-22?,25-11-. The summed E-state index contributed by atoms with van der Waals surface area (Å²) in [5.74, 6) is 1.59. The molecule has 2 heterocycles. The lowest BCUT2D eigenvalue weighted by Crippen LogP contribution is -2.20. The summed E-state index contributed by atoms with van der Waals surface area (Å²) >= 11 is 1.38. The maximum Gasteiger partial charge on any atom is 0.203 e. The zero-order valence-electron chi connectivity index (χ0n) is 17.8. The van der Waals surface area contributed by atoms with Crippen molar-refractivity contribution in [2.75, 3.05) is 27.9 Å². The van der Waals surface area contributed by atoms with Crippen LogP contribution in [0.1, 0.15) is 10.6 Å². The van der Waals surface area contributed by atoms with E-state index in [1.54, 1.807) is 25.5 Å². The quantitative estimate of drug-likeness (QED) is 0.517. The van der Waals surface area contributed by atoms with E-state index in [1.807, 2.05) is 35.7 Å². The lowest BCUT2D eigenvalue weighted by molar-refractivity contribution is 0.324. The molecular formula is C23H22N4O4S. The van der Waals surface area contributed by atoms with Gasteiger partial charge in [-0.25, -0.2) is 9.99 Å². The molecule has 2 N–H and O–H groups in total. The van der Waals surface area contributed by atoms with Gasteiger partial charge in [0.2, 0.25) is 5.75 Å². The van der Waals surface area contributed by atoms with Crippen LogP contribution in [-0.4, -0.2) is 55.0 Å². The molecule has 0 saturated heterocycles. The molecule has 32 heavy (non-hydrogen) atoms. The van der Waals surface area contributed by atoms with Gasteiger partial charge in [-0.2, -0.15) is 5.10 Å². The summed E-state index contributed by atoms with van der Waals surface area (Å²) < 4.78 is 16.2. The van der Waals surface area contributed by atoms with Crippen molar-refractivity contribution >= 4 is 29.0 Å². The number of methoxy groups -OCH3 is 3. The molecule has 164 valence electrons. The van der Waals surface area contributed by atoms with Gasteiger partial charge in [0.1, 0.15) is 17.3 Å². The Kier molecular flexibility index (Phi) is 6.09. The van der Waals surface area contributed by atoms with Crippen molar-refractivity contribution in [3.05, 3.63) is 64.2 Å². The monoisotopic (exact) mass is 450 g/mol. The van der Waals surface area contributed by atoms with E-state index in [-0.39, 0.29) is 18.1 Å². The number of nitrogens with zero attached hydrogens (tertiary/aromatic N) is 3. The van der Waals surface area contributed by atoms with Crippen LogP contribution in [0.15, 0.2) is 58.7 Å². The predicted octanol–water partition coefficient (Wildman–Crippen LogP) is 4.43. The van der Waals surface area contributed by atoms with E-state index < -0.39 is 0 Å². The molecule has 0 saturated carbocycles. The number of aliphatic hydroxyl groups is 1. The lowest BCUT2D eigenvalue weighted by atomic mass is 10.2. The maximum atomic E-state index is 10.5. The van der Waals surface area contributed by atoms with Gasteiger partial charge in [0.15, 0.2) is 17.3 Å². The number of hydrogen-bond acceptors (Lipinski definition) is 8. The van der Waals surface area contributed by atoms with Crippen LogP contribution in [0.2, 0.25) is 0 Å². The molecule has 3 aromatic rings. The van der Waals surface area contributed by atoms with E-state index in [1.165, 1.54) is 30.6 Å². The molecule has 0 fully saturated rings. The molecule has 0 radical (unpaired) electrons. The fraction of sp³-hybridized carbons (Fsp3) is 0.174. The molecule has 0 atom stereocenters. The second kappa shape index (κ2) is 9.11. The smallest absolute Gasteiger partial charge is 0.203 e. The topological polar surface area (TPSA) is 100 Å². The molecular weight excluding hydrogens is 428 g/mol. The zero-order chi connectivity index (χ0) is 22.7. The first kappa shape index (κ1) is 21.4. The third-order valence-corrected chi connectivity index (χ3v) is 5.80. The SMILES string of the molecule is COc1ccc(/C=N\N2CC(O)=C(c3nc(-c4ccccc4)cs3)C2=N)c(OC)c1OC. The lowest BCUT2D eigenvalue weighted by Gasteiger charge is -2.15. The molecule has 1 aliphatic rings. The Morgan fingerprint density at radius 2 is 1.81 bits per heavy atom. The van der Waals surface area contributed by atoms with Gasteiger partial charge in [-0.1, -0.05) is 30.3 Å². The Hall–Kier alpha value is -3.85. The molecule has 9 heteroatoms. The van der Waals surface area contributed by atoms with Crippen molar-refractivity contribution in [2.24, 2.45) is 5.10 Å². The third-order valence-electron chi connectivity index (χ3n) is 4.94. The highest BCUT2D eigenvalue weighted by atomic mass is 32.1. The molecule has 0 unspecified atom stereocenters. The number of thiazole rings is 1. The minimum absolute atomic E-state index is 0.0559. The van der Waals surface area contributed by atoms with Gasteiger partial charge >= 0.3 is 0 Å². The van der Waals surface area contributed by atoms with E-state index >= 15 is 0 Å². The van der Waals surface area contributed by atoms with Crippen LogP contribution < -0.4 is 14.2 Å². The number of hydrazone groups is 1. The van der Waals surface area contributed by atoms with Crippen LogP contribution in [0.25, 0.3) is 16.8 Å². The van der Waals surface area contributed by atoms with Crippen molar-refractivity contribution < 1.29 is 19.3 Å². The fourth-order valence-electron chi connectivity index (χ4n) is 3.38. The molecule has 0 amide bonds. The second-order valence-electron chi connectivity index (χ2n) is 6.80. The molecule has 1 aliphatic heterocycles. The van der Waals surface area contributed by atoms with Crippen molar-refractivity contribution in [2.45, 2.75) is 0 Å². The van der Waals surface area contributed by atoms with Crippen LogP contribution in [0.4, 0.5) is 0 Å². The second-order valence-corrected chi connectivity index (χ2v) is 7.66. The average Bonchev–Trinajstić information content (AvgIpc) is 3.41. The fourth-order valence-corrected chi connectivity index (χ4v) is 4.27. The van der Waals surface area contributed by atoms with E-state index in [4.69, 9.17) is 19.6 Å². The van der Waals surface area contributed by atoms with Gasteiger partial charge < -0.3 is 19.3 Å². The highest BCUT2D eigenvalue weighted by Crippen LogP contribution is 2.39. The summed E-state index contributed by atoms with van der Waals surface area (Å²) in [6.07, 6.45) is 1.56. The number of benzene rings is 2. The highest BCUT2D eigenvalue weighted by Gasteiger charge is 2.30. The number of ether oxygens (including phenoxy) is 3. The van der Waals surface area contributed by atoms with Gasteiger partial charge in [-0.05, 0) is 12.1 Å². The zero-order valence-corrected chi connectivity index (χ0v) is 18.6. The first-order valence-electron chi connectivity index (χ1n) is 9.70. The number of amidine groups is 1. The Labute approximate surface area is 189 Å². The minimum atomic E-state index is 0.0559. The highest BCUT2D eigenvalue weighted by molar-refractivity contribution is 7.11. The summed E-state index contributed by atoms with van der Waals surface area (Å²) in [7, 11) is 4.61. The Balaban J connectivity index is 1.57. The molecule has 8 nitrogen and oxygen atoms in total. The molecule has 0 bridgehead atoms. The summed E-state index contributed by atoms with van der Waals surface area (Å²) in [5, 5.41) is 27.4. The van der Waals surface area contributed by atoms with Crippen LogP contribution in [-0.2, 0) is 0 Å². The van der Waals surface area contributed by atoms with Gasteiger partial charge in [0, 0.05) is 16.5 Å². The van der Waals surface area contributed by atoms with Crippen molar-refractivity contribution in [3.8, 4) is 28.5 Å². The van der Waals surface area contributed by atoms with E-state index in [0.29, 0.717) is 33.4 Å². The third kappa shape index (κ3) is 3.90. The van der Waals surface area contributed by atoms with Gasteiger partial charge in [-0.15, -0.1) is 11.3 Å². The number of aromatic nitrogens is 1. The Morgan fingerprint density at radius 1 is 1.06 bits per heavy atom. The number of hydrogen-bond donors (Lipinski definition) is 2. The van der Waals surface area contributed by atoms with Crippen molar-refractivity contribution in [1.82, 2.24) is 9.99 Å². The van der Waals surface area contributed by atoms with E-state index in [0.717, 1.165) is 11.3 Å². The largest absolute Gasteiger partial charge is 0.509 e. The Morgan fingerprint density at radius 3 is 2.50 bits per heavy atom. The minimum Gasteiger partial charge on any atom is -0.509 e. The van der Waals surface area contributed by atoms with Crippen LogP contribution >= 0.6 is 11.3 Å². The normalized spacial score (nSPS) is 13.8. The number of rotatable bonds is 7. The summed E-state index contributed by atoms with van der Waals surface area (Å²) in [6, 6.07) is 13.3. The first-order valence-corrected chi connectivity index (χ1v) is 10.6. The van der Waals surface area contributed by atoms with E-state index in [2.05, 4.69) is 10.1 Å². The van der Waals surface area contributed by atoms with Gasteiger partial charge in [-0.3, -0.25) is 5.41 Å². The summed E-state index contributed by atoms with van der Waals surface area (Å²) in [5.41, 5.74) is 2.81. The maximum absolute atomic E-state index is 10.5. The first-order chi connectivity index (χ1) is 15.6. The van der Waals surface area contributed by atoms with Crippen LogP contribution in [0.3, 0.4) is 0 Å². The molecule has 2 aromatic carbocycles.